The van der Waals surface area contributed by atoms with E-state index in [4.69, 9.17) is 10.00 Å². The van der Waals surface area contributed by atoms with Crippen LogP contribution in [-0.2, 0) is 4.74 Å². The number of rotatable bonds is 2. The largest absolute Gasteiger partial charge is 0.391 e. The van der Waals surface area contributed by atoms with Crippen molar-refractivity contribution in [1.82, 2.24) is 0 Å². The summed E-state index contributed by atoms with van der Waals surface area (Å²) in [5.74, 6) is 0. The Balaban J connectivity index is 2.67. The number of aliphatic hydroxyl groups excluding tert-OH is 1. The summed E-state index contributed by atoms with van der Waals surface area (Å²) in [6.45, 7) is 0.100. The first kappa shape index (κ1) is 11.3. The van der Waals surface area contributed by atoms with Crippen molar-refractivity contribution in [1.29, 1.82) is 5.26 Å². The molecule has 0 amide bonds. The zero-order chi connectivity index (χ0) is 10.8. The van der Waals surface area contributed by atoms with E-state index in [1.807, 2.05) is 0 Å². The van der Waals surface area contributed by atoms with Crippen molar-refractivity contribution in [2.75, 3.05) is 13.2 Å². The lowest BCUT2D eigenvalue weighted by Gasteiger charge is -2.25. The number of hydrogen-bond donors (Lipinski definition) is 1. The average Bonchev–Trinajstić information content (AvgIpc) is 2.49. The van der Waals surface area contributed by atoms with Gasteiger partial charge in [0.25, 0.3) is 0 Å². The molecule has 2 unspecified atom stereocenters. The van der Waals surface area contributed by atoms with E-state index in [9.17, 15) is 18.3 Å². The first-order chi connectivity index (χ1) is 6.40. The molecular formula is C8H10F3NO2. The molecular weight excluding hydrogens is 199 g/mol. The molecule has 0 aromatic heterocycles. The van der Waals surface area contributed by atoms with E-state index in [2.05, 4.69) is 0 Å². The molecule has 1 heterocycles. The minimum atomic E-state index is -4.45. The van der Waals surface area contributed by atoms with Crippen LogP contribution in [-0.4, -0.2) is 30.6 Å². The zero-order valence-corrected chi connectivity index (χ0v) is 7.34. The van der Waals surface area contributed by atoms with E-state index in [0.29, 0.717) is 0 Å². The zero-order valence-electron chi connectivity index (χ0n) is 7.34. The van der Waals surface area contributed by atoms with Gasteiger partial charge in [-0.1, -0.05) is 0 Å². The predicted octanol–water partition coefficient (Wildman–Crippen LogP) is 1.23. The van der Waals surface area contributed by atoms with Crippen LogP contribution in [0, 0.1) is 16.7 Å². The van der Waals surface area contributed by atoms with Gasteiger partial charge in [-0.05, 0) is 6.42 Å². The Bertz CT molecular complexity index is 240. The molecule has 0 saturated carbocycles. The van der Waals surface area contributed by atoms with Crippen molar-refractivity contribution in [2.45, 2.75) is 25.1 Å². The highest BCUT2D eigenvalue weighted by Crippen LogP contribution is 2.36. The van der Waals surface area contributed by atoms with Crippen molar-refractivity contribution in [2.24, 2.45) is 5.41 Å². The molecule has 1 N–H and O–H groups in total. The molecule has 80 valence electrons. The van der Waals surface area contributed by atoms with Gasteiger partial charge in [0.15, 0.2) is 0 Å². The van der Waals surface area contributed by atoms with Crippen LogP contribution in [0.5, 0.6) is 0 Å². The lowest BCUT2D eigenvalue weighted by molar-refractivity contribution is -0.164. The monoisotopic (exact) mass is 209 g/mol. The van der Waals surface area contributed by atoms with Crippen molar-refractivity contribution < 1.29 is 23.0 Å². The highest BCUT2D eigenvalue weighted by molar-refractivity contribution is 5.06. The Morgan fingerprint density at radius 2 is 2.21 bits per heavy atom. The maximum atomic E-state index is 12.0. The van der Waals surface area contributed by atoms with Crippen molar-refractivity contribution in [3.05, 3.63) is 0 Å². The topological polar surface area (TPSA) is 53.2 Å². The fourth-order valence-electron chi connectivity index (χ4n) is 1.42. The van der Waals surface area contributed by atoms with Gasteiger partial charge in [0, 0.05) is 6.61 Å². The molecule has 0 radical (unpaired) electrons. The summed E-state index contributed by atoms with van der Waals surface area (Å²) in [5.41, 5.74) is -1.38. The van der Waals surface area contributed by atoms with Crippen molar-refractivity contribution in [3.8, 4) is 6.07 Å². The number of nitriles is 1. The van der Waals surface area contributed by atoms with Crippen LogP contribution >= 0.6 is 0 Å². The van der Waals surface area contributed by atoms with E-state index in [0.717, 1.165) is 0 Å². The first-order valence-electron chi connectivity index (χ1n) is 4.13. The minimum Gasteiger partial charge on any atom is -0.391 e. The molecule has 1 rings (SSSR count). The fourth-order valence-corrected chi connectivity index (χ4v) is 1.42. The Hall–Kier alpha value is -0.800. The summed E-state index contributed by atoms with van der Waals surface area (Å²) in [5, 5.41) is 18.0. The number of alkyl halides is 3. The second-order valence-electron chi connectivity index (χ2n) is 3.41. The molecule has 0 aromatic rings. The van der Waals surface area contributed by atoms with Crippen LogP contribution < -0.4 is 0 Å². The van der Waals surface area contributed by atoms with E-state index in [-0.39, 0.29) is 19.6 Å². The third kappa shape index (κ3) is 2.36. The summed E-state index contributed by atoms with van der Waals surface area (Å²) in [7, 11) is 0. The van der Waals surface area contributed by atoms with Gasteiger partial charge in [0.05, 0.1) is 25.2 Å². The summed E-state index contributed by atoms with van der Waals surface area (Å²) in [6.07, 6.45) is -7.36. The molecule has 1 saturated heterocycles. The maximum absolute atomic E-state index is 12.0. The molecule has 2 atom stereocenters. The minimum absolute atomic E-state index is 0.124. The van der Waals surface area contributed by atoms with Gasteiger partial charge >= 0.3 is 6.18 Å². The summed E-state index contributed by atoms with van der Waals surface area (Å²) >= 11 is 0. The van der Waals surface area contributed by atoms with Crippen molar-refractivity contribution in [3.63, 3.8) is 0 Å². The van der Waals surface area contributed by atoms with E-state index in [1.165, 1.54) is 0 Å². The molecule has 1 aliphatic heterocycles. The SMILES string of the molecule is N#CC1(C(O)CC(F)(F)F)CCOC1. The predicted molar refractivity (Wildman–Crippen MR) is 40.2 cm³/mol. The Morgan fingerprint density at radius 3 is 2.57 bits per heavy atom. The Labute approximate surface area is 79.1 Å². The average molecular weight is 209 g/mol. The number of ether oxygens (including phenoxy) is 1. The Morgan fingerprint density at radius 1 is 1.57 bits per heavy atom. The molecule has 1 fully saturated rings. The van der Waals surface area contributed by atoms with Crippen LogP contribution in [0.4, 0.5) is 13.2 Å². The highest BCUT2D eigenvalue weighted by Gasteiger charge is 2.46. The number of nitrogens with zero attached hydrogens (tertiary/aromatic N) is 1. The van der Waals surface area contributed by atoms with Crippen molar-refractivity contribution >= 4 is 0 Å². The quantitative estimate of drug-likeness (QED) is 0.744. The molecule has 3 nitrogen and oxygen atoms in total. The third-order valence-electron chi connectivity index (χ3n) is 2.34. The van der Waals surface area contributed by atoms with Gasteiger partial charge in [0.1, 0.15) is 5.41 Å². The van der Waals surface area contributed by atoms with E-state index >= 15 is 0 Å². The standard InChI is InChI=1S/C8H10F3NO2/c9-8(10,11)3-6(13)7(4-12)1-2-14-5-7/h6,13H,1-3,5H2. The number of halogens is 3. The van der Waals surface area contributed by atoms with Crippen LogP contribution in [0.25, 0.3) is 0 Å². The summed E-state index contributed by atoms with van der Waals surface area (Å²) < 4.78 is 40.7. The molecule has 0 bridgehead atoms. The summed E-state index contributed by atoms with van der Waals surface area (Å²) in [6, 6.07) is 1.72. The molecule has 0 spiro atoms. The molecule has 6 heteroatoms. The lowest BCUT2D eigenvalue weighted by atomic mass is 9.81. The van der Waals surface area contributed by atoms with Crippen LogP contribution in [0.3, 0.4) is 0 Å². The fraction of sp³-hybridized carbons (Fsp3) is 0.875. The third-order valence-corrected chi connectivity index (χ3v) is 2.34. The number of aliphatic hydroxyl groups is 1. The smallest absolute Gasteiger partial charge is 0.391 e. The second kappa shape index (κ2) is 3.75. The van der Waals surface area contributed by atoms with Gasteiger partial charge < -0.3 is 9.84 Å². The van der Waals surface area contributed by atoms with Crippen LogP contribution in [0.1, 0.15) is 12.8 Å². The molecule has 1 aliphatic rings. The van der Waals surface area contributed by atoms with Crippen LogP contribution in [0.2, 0.25) is 0 Å². The van der Waals surface area contributed by atoms with Gasteiger partial charge in [-0.25, -0.2) is 0 Å². The second-order valence-corrected chi connectivity index (χ2v) is 3.41. The highest BCUT2D eigenvalue weighted by atomic mass is 19.4. The normalized spacial score (nSPS) is 29.9. The maximum Gasteiger partial charge on any atom is 0.391 e. The van der Waals surface area contributed by atoms with E-state index < -0.39 is 24.1 Å². The van der Waals surface area contributed by atoms with Gasteiger partial charge in [-0.3, -0.25) is 0 Å². The first-order valence-corrected chi connectivity index (χ1v) is 4.13. The summed E-state index contributed by atoms with van der Waals surface area (Å²) in [4.78, 5) is 0. The number of hydrogen-bond acceptors (Lipinski definition) is 3. The molecule has 0 aromatic carbocycles. The molecule has 0 aliphatic carbocycles. The van der Waals surface area contributed by atoms with E-state index in [1.54, 1.807) is 6.07 Å². The Kier molecular flexibility index (Phi) is 3.02. The van der Waals surface area contributed by atoms with Crippen LogP contribution in [0.15, 0.2) is 0 Å². The van der Waals surface area contributed by atoms with Gasteiger partial charge in [-0.2, -0.15) is 18.4 Å². The van der Waals surface area contributed by atoms with Gasteiger partial charge in [-0.15, -0.1) is 0 Å². The van der Waals surface area contributed by atoms with Gasteiger partial charge in [0.2, 0.25) is 0 Å². The molecule has 14 heavy (non-hydrogen) atoms. The lowest BCUT2D eigenvalue weighted by Crippen LogP contribution is -2.37.